The highest BCUT2D eigenvalue weighted by Crippen LogP contribution is 2.27. The van der Waals surface area contributed by atoms with E-state index in [1.54, 1.807) is 32.9 Å². The van der Waals surface area contributed by atoms with Gasteiger partial charge >= 0.3 is 6.03 Å². The Morgan fingerprint density at radius 3 is 2.52 bits per heavy atom. The first-order valence-corrected chi connectivity index (χ1v) is 13.5. The zero-order valence-electron chi connectivity index (χ0n) is 23.4. The van der Waals surface area contributed by atoms with Gasteiger partial charge in [0, 0.05) is 26.2 Å². The summed E-state index contributed by atoms with van der Waals surface area (Å²) in [6.07, 6.45) is 1.20. The summed E-state index contributed by atoms with van der Waals surface area (Å²) in [6.45, 7) is 8.67. The Balaban J connectivity index is 1.43. The second kappa shape index (κ2) is 10.8. The van der Waals surface area contributed by atoms with Crippen LogP contribution in [0.25, 0.3) is 11.4 Å². The number of amides is 3. The van der Waals surface area contributed by atoms with Gasteiger partial charge in [-0.25, -0.2) is 14.2 Å². The van der Waals surface area contributed by atoms with Gasteiger partial charge in [-0.2, -0.15) is 0 Å². The number of hydrogen-bond acceptors (Lipinski definition) is 5. The second-order valence-corrected chi connectivity index (χ2v) is 10.2. The lowest BCUT2D eigenvalue weighted by Crippen LogP contribution is -2.45. The van der Waals surface area contributed by atoms with Gasteiger partial charge in [-0.3, -0.25) is 14.3 Å². The molecule has 208 valence electrons. The summed E-state index contributed by atoms with van der Waals surface area (Å²) in [7, 11) is 1.80. The van der Waals surface area contributed by atoms with Gasteiger partial charge in [-0.15, -0.1) is 5.10 Å². The van der Waals surface area contributed by atoms with Gasteiger partial charge in [-0.1, -0.05) is 42.5 Å². The molecule has 2 N–H and O–H groups in total. The molecule has 0 aliphatic carbocycles. The average Bonchev–Trinajstić information content (AvgIpc) is 3.43. The molecule has 0 spiro atoms. The van der Waals surface area contributed by atoms with Crippen molar-refractivity contribution in [3.63, 3.8) is 0 Å². The van der Waals surface area contributed by atoms with Crippen LogP contribution >= 0.6 is 0 Å². The maximum Gasteiger partial charge on any atom is 0.317 e. The molecule has 2 aromatic carbocycles. The SMILES string of the molecule is CCc1c(NC(=O)c2nnn(-c3cccc4c3CCN(C(=O)NC(C)C)C4)c2C)c(=O)n(-c2ccccc2)n1C. The molecule has 0 bridgehead atoms. The number of aromatic nitrogens is 5. The van der Waals surface area contributed by atoms with Gasteiger partial charge in [-0.05, 0) is 62.9 Å². The molecule has 0 radical (unpaired) electrons. The largest absolute Gasteiger partial charge is 0.336 e. The summed E-state index contributed by atoms with van der Waals surface area (Å²) in [5.41, 5.74) is 4.95. The van der Waals surface area contributed by atoms with Crippen LogP contribution < -0.4 is 16.2 Å². The van der Waals surface area contributed by atoms with Gasteiger partial charge in [0.1, 0.15) is 5.69 Å². The van der Waals surface area contributed by atoms with E-state index in [4.69, 9.17) is 0 Å². The molecule has 0 atom stereocenters. The van der Waals surface area contributed by atoms with Gasteiger partial charge in [0.2, 0.25) is 0 Å². The molecule has 40 heavy (non-hydrogen) atoms. The predicted octanol–water partition coefficient (Wildman–Crippen LogP) is 3.36. The van der Waals surface area contributed by atoms with Crippen LogP contribution in [0.15, 0.2) is 53.3 Å². The molecule has 0 unspecified atom stereocenters. The minimum atomic E-state index is -0.498. The molecule has 11 nitrogen and oxygen atoms in total. The Morgan fingerprint density at radius 2 is 1.82 bits per heavy atom. The number of para-hydroxylation sites is 1. The van der Waals surface area contributed by atoms with E-state index in [2.05, 4.69) is 20.9 Å². The molecule has 3 heterocycles. The van der Waals surface area contributed by atoms with E-state index in [-0.39, 0.29) is 29.0 Å². The Morgan fingerprint density at radius 1 is 1.07 bits per heavy atom. The molecule has 0 saturated carbocycles. The number of urea groups is 1. The molecule has 1 aliphatic rings. The number of nitrogens with one attached hydrogen (secondary N) is 2. The lowest BCUT2D eigenvalue weighted by atomic mass is 9.98. The van der Waals surface area contributed by atoms with E-state index in [9.17, 15) is 14.4 Å². The second-order valence-electron chi connectivity index (χ2n) is 10.2. The van der Waals surface area contributed by atoms with Crippen LogP contribution in [0.1, 0.15) is 53.8 Å². The quantitative estimate of drug-likeness (QED) is 0.387. The van der Waals surface area contributed by atoms with Gasteiger partial charge in [0.05, 0.1) is 22.8 Å². The van der Waals surface area contributed by atoms with E-state index in [0.29, 0.717) is 43.0 Å². The number of benzene rings is 2. The first-order chi connectivity index (χ1) is 19.2. The van der Waals surface area contributed by atoms with Crippen LogP contribution in [0.5, 0.6) is 0 Å². The standard InChI is InChI=1S/C29H34N8O3/c1-6-23-26(28(39)37(34(23)5)21-12-8-7-9-13-21)31-27(38)25-19(4)36(33-32-25)24-14-10-11-20-17-35(16-15-22(20)24)29(40)30-18(2)3/h7-14,18H,6,15-17H2,1-5H3,(H,30,40)(H,31,38). The number of rotatable bonds is 6. The normalized spacial score (nSPS) is 12.9. The van der Waals surface area contributed by atoms with Crippen molar-refractivity contribution < 1.29 is 9.59 Å². The highest BCUT2D eigenvalue weighted by molar-refractivity contribution is 6.03. The topological polar surface area (TPSA) is 119 Å². The summed E-state index contributed by atoms with van der Waals surface area (Å²) < 4.78 is 4.96. The van der Waals surface area contributed by atoms with E-state index < -0.39 is 5.91 Å². The average molecular weight is 543 g/mol. The van der Waals surface area contributed by atoms with Crippen molar-refractivity contribution in [1.29, 1.82) is 0 Å². The van der Waals surface area contributed by atoms with E-state index >= 15 is 0 Å². The highest BCUT2D eigenvalue weighted by Gasteiger charge is 2.27. The maximum absolute atomic E-state index is 13.4. The van der Waals surface area contributed by atoms with Crippen LogP contribution in [-0.4, -0.2) is 53.8 Å². The summed E-state index contributed by atoms with van der Waals surface area (Å²) >= 11 is 0. The lowest BCUT2D eigenvalue weighted by molar-refractivity contribution is 0.102. The Bertz CT molecular complexity index is 1630. The predicted molar refractivity (Wildman–Crippen MR) is 152 cm³/mol. The number of anilines is 1. The molecule has 0 fully saturated rings. The first-order valence-electron chi connectivity index (χ1n) is 13.5. The molecule has 4 aromatic rings. The third kappa shape index (κ3) is 4.78. The number of fused-ring (bicyclic) bond motifs is 1. The molecular weight excluding hydrogens is 508 g/mol. The van der Waals surface area contributed by atoms with Gasteiger partial charge in [0.25, 0.3) is 11.5 Å². The fourth-order valence-corrected chi connectivity index (χ4v) is 5.28. The minimum absolute atomic E-state index is 0.0631. The van der Waals surface area contributed by atoms with Crippen LogP contribution in [-0.2, 0) is 26.4 Å². The van der Waals surface area contributed by atoms with Crippen molar-refractivity contribution in [2.45, 2.75) is 53.1 Å². The fourth-order valence-electron chi connectivity index (χ4n) is 5.28. The van der Waals surface area contributed by atoms with Crippen molar-refractivity contribution in [3.8, 4) is 11.4 Å². The van der Waals surface area contributed by atoms with Crippen molar-refractivity contribution in [3.05, 3.63) is 87.1 Å². The minimum Gasteiger partial charge on any atom is -0.336 e. The number of nitrogens with zero attached hydrogens (tertiary/aromatic N) is 6. The van der Waals surface area contributed by atoms with Crippen molar-refractivity contribution >= 4 is 17.6 Å². The van der Waals surface area contributed by atoms with E-state index in [0.717, 1.165) is 16.8 Å². The van der Waals surface area contributed by atoms with E-state index in [1.807, 2.05) is 69.3 Å². The number of carbonyl (C=O) groups excluding carboxylic acids is 2. The van der Waals surface area contributed by atoms with Crippen LogP contribution in [0.3, 0.4) is 0 Å². The zero-order valence-corrected chi connectivity index (χ0v) is 23.4. The molecule has 0 saturated heterocycles. The van der Waals surface area contributed by atoms with Crippen LogP contribution in [0.4, 0.5) is 10.5 Å². The van der Waals surface area contributed by atoms with E-state index in [1.165, 1.54) is 0 Å². The van der Waals surface area contributed by atoms with Crippen LogP contribution in [0.2, 0.25) is 0 Å². The van der Waals surface area contributed by atoms with Crippen molar-refractivity contribution in [1.82, 2.24) is 34.6 Å². The summed E-state index contributed by atoms with van der Waals surface area (Å²) in [6, 6.07) is 15.1. The third-order valence-electron chi connectivity index (χ3n) is 7.24. The van der Waals surface area contributed by atoms with Gasteiger partial charge < -0.3 is 15.5 Å². The van der Waals surface area contributed by atoms with Gasteiger partial charge in [0.15, 0.2) is 5.69 Å². The Hall–Kier alpha value is -4.67. The zero-order chi connectivity index (χ0) is 28.6. The molecule has 11 heteroatoms. The third-order valence-corrected chi connectivity index (χ3v) is 7.24. The maximum atomic E-state index is 13.4. The first kappa shape index (κ1) is 26.9. The van der Waals surface area contributed by atoms with Crippen LogP contribution in [0, 0.1) is 6.92 Å². The Kier molecular flexibility index (Phi) is 7.29. The molecule has 5 rings (SSSR count). The van der Waals surface area contributed by atoms with Crippen molar-refractivity contribution in [2.75, 3.05) is 11.9 Å². The lowest BCUT2D eigenvalue weighted by Gasteiger charge is -2.30. The molecule has 3 amide bonds. The fraction of sp³-hybridized carbons (Fsp3) is 0.345. The summed E-state index contributed by atoms with van der Waals surface area (Å²) in [4.78, 5) is 41.2. The Labute approximate surface area is 232 Å². The number of carbonyl (C=O) groups is 2. The summed E-state index contributed by atoms with van der Waals surface area (Å²) in [5, 5.41) is 14.3. The molecule has 1 aliphatic heterocycles. The number of hydrogen-bond donors (Lipinski definition) is 2. The molecular formula is C29H34N8O3. The monoisotopic (exact) mass is 542 g/mol. The highest BCUT2D eigenvalue weighted by atomic mass is 16.2. The molecule has 2 aromatic heterocycles. The summed E-state index contributed by atoms with van der Waals surface area (Å²) in [5.74, 6) is -0.498. The smallest absolute Gasteiger partial charge is 0.317 e. The van der Waals surface area contributed by atoms with Crippen molar-refractivity contribution in [2.24, 2.45) is 7.05 Å².